The number of hydrogen-bond donors (Lipinski definition) is 2. The molecule has 2 N–H and O–H groups in total. The number of nitrogens with zero attached hydrogens (tertiary/aromatic N) is 1. The van der Waals surface area contributed by atoms with E-state index in [0.29, 0.717) is 23.9 Å². The van der Waals surface area contributed by atoms with E-state index in [4.69, 9.17) is 9.05 Å². The summed E-state index contributed by atoms with van der Waals surface area (Å²) in [5.74, 6) is -0.155. The highest BCUT2D eigenvalue weighted by molar-refractivity contribution is 7.45. The predicted molar refractivity (Wildman–Crippen MR) is 307 cm³/mol. The molecule has 0 aliphatic carbocycles. The fourth-order valence-corrected chi connectivity index (χ4v) is 10.8. The van der Waals surface area contributed by atoms with E-state index >= 15 is 0 Å². The van der Waals surface area contributed by atoms with E-state index in [2.05, 4.69) is 19.2 Å². The third-order valence-electron chi connectivity index (χ3n) is 15.1. The minimum Gasteiger partial charge on any atom is -0.756 e. The van der Waals surface area contributed by atoms with Crippen LogP contribution in [0.3, 0.4) is 0 Å². The molecule has 0 aromatic carbocycles. The molecule has 3 atom stereocenters. The van der Waals surface area contributed by atoms with E-state index in [1.54, 1.807) is 0 Å². The molecule has 0 aromatic rings. The van der Waals surface area contributed by atoms with E-state index in [1.165, 1.54) is 276 Å². The number of aliphatic hydroxyl groups excluding tert-OH is 1. The van der Waals surface area contributed by atoms with Gasteiger partial charge in [0.15, 0.2) is 0 Å². The average molecular weight is 1030 g/mol. The van der Waals surface area contributed by atoms with E-state index in [0.717, 1.165) is 38.5 Å². The van der Waals surface area contributed by atoms with E-state index in [-0.39, 0.29) is 19.1 Å². The maximum Gasteiger partial charge on any atom is 0.268 e. The highest BCUT2D eigenvalue weighted by Crippen LogP contribution is 2.38. The van der Waals surface area contributed by atoms with Gasteiger partial charge in [0.25, 0.3) is 7.82 Å². The molecule has 0 heterocycles. The largest absolute Gasteiger partial charge is 0.756 e. The Hall–Kier alpha value is -0.500. The minimum atomic E-state index is -4.57. The molecule has 0 radical (unpaired) electrons. The van der Waals surface area contributed by atoms with Crippen molar-refractivity contribution in [2.24, 2.45) is 0 Å². The molecule has 3 unspecified atom stereocenters. The van der Waals surface area contributed by atoms with Gasteiger partial charge in [-0.2, -0.15) is 0 Å². The van der Waals surface area contributed by atoms with Crippen molar-refractivity contribution >= 4 is 13.7 Å². The molecule has 71 heavy (non-hydrogen) atoms. The summed E-state index contributed by atoms with van der Waals surface area (Å²) in [4.78, 5) is 25.6. The lowest BCUT2D eigenvalue weighted by Gasteiger charge is -2.30. The van der Waals surface area contributed by atoms with Crippen LogP contribution in [0.25, 0.3) is 0 Å². The summed E-state index contributed by atoms with van der Waals surface area (Å²) >= 11 is 0. The summed E-state index contributed by atoms with van der Waals surface area (Å²) < 4.78 is 23.5. The van der Waals surface area contributed by atoms with Crippen LogP contribution in [-0.4, -0.2) is 68.5 Å². The molecule has 0 fully saturated rings. The van der Waals surface area contributed by atoms with Crippen LogP contribution in [0, 0.1) is 0 Å². The highest BCUT2D eigenvalue weighted by Gasteiger charge is 2.24. The zero-order valence-corrected chi connectivity index (χ0v) is 49.6. The lowest BCUT2D eigenvalue weighted by molar-refractivity contribution is -0.870. The summed E-state index contributed by atoms with van der Waals surface area (Å²) in [5.41, 5.74) is 0. The first-order chi connectivity index (χ1) is 34.5. The Labute approximate surface area is 444 Å². The van der Waals surface area contributed by atoms with E-state index < -0.39 is 20.0 Å². The lowest BCUT2D eigenvalue weighted by atomic mass is 10.0. The number of carbonyl (C=O) groups is 1. The van der Waals surface area contributed by atoms with Gasteiger partial charge in [0.2, 0.25) is 5.91 Å². The number of phosphoric acid groups is 1. The molecular formula is C62H127N2O6P. The third kappa shape index (κ3) is 57.1. The van der Waals surface area contributed by atoms with Gasteiger partial charge in [0.1, 0.15) is 13.2 Å². The van der Waals surface area contributed by atoms with Crippen molar-refractivity contribution in [3.63, 3.8) is 0 Å². The Morgan fingerprint density at radius 2 is 0.690 bits per heavy atom. The van der Waals surface area contributed by atoms with Crippen molar-refractivity contribution in [1.29, 1.82) is 0 Å². The Kier molecular flexibility index (Phi) is 53.9. The molecule has 0 aliphatic heterocycles. The van der Waals surface area contributed by atoms with Crippen LogP contribution in [-0.2, 0) is 18.4 Å². The first kappa shape index (κ1) is 70.5. The van der Waals surface area contributed by atoms with Crippen molar-refractivity contribution in [2.45, 2.75) is 353 Å². The zero-order valence-electron chi connectivity index (χ0n) is 48.7. The second-order valence-electron chi connectivity index (χ2n) is 23.5. The van der Waals surface area contributed by atoms with Gasteiger partial charge < -0.3 is 28.8 Å². The van der Waals surface area contributed by atoms with Gasteiger partial charge in [0, 0.05) is 6.42 Å². The van der Waals surface area contributed by atoms with Gasteiger partial charge in [0.05, 0.1) is 39.9 Å². The molecule has 8 nitrogen and oxygen atoms in total. The number of unbranched alkanes of at least 4 members (excludes halogenated alkanes) is 47. The second-order valence-corrected chi connectivity index (χ2v) is 24.9. The van der Waals surface area contributed by atoms with Crippen molar-refractivity contribution < 1.29 is 32.9 Å². The number of likely N-dealkylation sites (N-methyl/N-ethyl adjacent to an activating group) is 1. The van der Waals surface area contributed by atoms with Crippen molar-refractivity contribution in [1.82, 2.24) is 5.32 Å². The lowest BCUT2D eigenvalue weighted by Crippen LogP contribution is -2.46. The predicted octanol–water partition coefficient (Wildman–Crippen LogP) is 19.0. The third-order valence-corrected chi connectivity index (χ3v) is 16.1. The van der Waals surface area contributed by atoms with Crippen molar-refractivity contribution in [3.05, 3.63) is 0 Å². The molecule has 0 bridgehead atoms. The van der Waals surface area contributed by atoms with Gasteiger partial charge in [-0.3, -0.25) is 9.36 Å². The molecule has 0 saturated carbocycles. The summed E-state index contributed by atoms with van der Waals surface area (Å²) in [6.45, 7) is 4.79. The number of aliphatic hydroxyl groups is 1. The maximum absolute atomic E-state index is 13.0. The van der Waals surface area contributed by atoms with Gasteiger partial charge in [-0.1, -0.05) is 322 Å². The second kappa shape index (κ2) is 54.3. The standard InChI is InChI=1S/C62H127N2O6P/c1-6-8-10-12-14-16-18-20-22-24-26-27-28-29-30-31-32-33-34-35-36-37-38-40-42-44-46-48-50-52-54-56-62(66)63-60(59-70-71(67,68)69-58-57-64(3,4)5)61(65)55-53-51-49-47-45-43-41-39-25-23-21-19-17-15-13-11-9-7-2/h60-61,65H,6-59H2,1-5H3,(H-,63,66,67,68). The Bertz CT molecular complexity index is 1120. The first-order valence-corrected chi connectivity index (χ1v) is 33.3. The maximum atomic E-state index is 13.0. The Balaban J connectivity index is 3.98. The normalized spacial score (nSPS) is 13.7. The zero-order chi connectivity index (χ0) is 52.0. The summed E-state index contributed by atoms with van der Waals surface area (Å²) in [5, 5.41) is 14.0. The number of phosphoric ester groups is 1. The van der Waals surface area contributed by atoms with Crippen LogP contribution in [0.1, 0.15) is 341 Å². The summed E-state index contributed by atoms with van der Waals surface area (Å²) in [6, 6.07) is -0.795. The molecule has 0 spiro atoms. The number of carbonyl (C=O) groups excluding carboxylic acids is 1. The van der Waals surface area contributed by atoms with Crippen LogP contribution < -0.4 is 10.2 Å². The van der Waals surface area contributed by atoms with Gasteiger partial charge in [-0.05, 0) is 12.8 Å². The van der Waals surface area contributed by atoms with Crippen LogP contribution in [0.15, 0.2) is 0 Å². The number of nitrogens with one attached hydrogen (secondary N) is 1. The topological polar surface area (TPSA) is 108 Å². The molecule has 0 aliphatic rings. The molecule has 1 amide bonds. The molecule has 9 heteroatoms. The fraction of sp³-hybridized carbons (Fsp3) is 0.984. The van der Waals surface area contributed by atoms with E-state index in [9.17, 15) is 19.4 Å². The first-order valence-electron chi connectivity index (χ1n) is 31.9. The van der Waals surface area contributed by atoms with Crippen LogP contribution in [0.2, 0.25) is 0 Å². The monoisotopic (exact) mass is 1030 g/mol. The quantitative estimate of drug-likeness (QED) is 0.0357. The Morgan fingerprint density at radius 3 is 0.958 bits per heavy atom. The molecule has 0 rings (SSSR count). The summed E-state index contributed by atoms with van der Waals surface area (Å²) in [7, 11) is 1.33. The number of rotatable bonds is 60. The molecule has 0 saturated heterocycles. The minimum absolute atomic E-state index is 0.0167. The number of amides is 1. The number of quaternary nitrogens is 1. The highest BCUT2D eigenvalue weighted by atomic mass is 31.2. The fourth-order valence-electron chi connectivity index (χ4n) is 10.1. The number of hydrogen-bond acceptors (Lipinski definition) is 6. The van der Waals surface area contributed by atoms with Crippen LogP contribution in [0.4, 0.5) is 0 Å². The molecule has 426 valence electrons. The molecule has 0 aromatic heterocycles. The Morgan fingerprint density at radius 1 is 0.437 bits per heavy atom. The average Bonchev–Trinajstić information content (AvgIpc) is 3.33. The van der Waals surface area contributed by atoms with E-state index in [1.807, 2.05) is 21.1 Å². The molecular weight excluding hydrogens is 900 g/mol. The van der Waals surface area contributed by atoms with Gasteiger partial charge >= 0.3 is 0 Å². The van der Waals surface area contributed by atoms with Crippen molar-refractivity contribution in [3.8, 4) is 0 Å². The van der Waals surface area contributed by atoms with Gasteiger partial charge in [-0.25, -0.2) is 0 Å². The van der Waals surface area contributed by atoms with Crippen molar-refractivity contribution in [2.75, 3.05) is 40.9 Å². The van der Waals surface area contributed by atoms with Crippen LogP contribution in [0.5, 0.6) is 0 Å². The smallest absolute Gasteiger partial charge is 0.268 e. The summed E-state index contributed by atoms with van der Waals surface area (Å²) in [6.07, 6.45) is 65.9. The SMILES string of the molecule is CCCCCCCCCCCCCCCCCCCCCCCCCCCCCCCCCC(=O)NC(COP(=O)([O-])OCC[N+](C)(C)C)C(O)CCCCCCCCCCCCCCCCCCCC. The van der Waals surface area contributed by atoms with Crippen LogP contribution >= 0.6 is 7.82 Å². The van der Waals surface area contributed by atoms with Gasteiger partial charge in [-0.15, -0.1) is 0 Å².